The summed E-state index contributed by atoms with van der Waals surface area (Å²) >= 11 is 17.3. The summed E-state index contributed by atoms with van der Waals surface area (Å²) in [5, 5.41) is 3.62. The third kappa shape index (κ3) is 3.13. The molecule has 2 aromatic rings. The molecular formula is C12H7Cl3N2O. The fourth-order valence-corrected chi connectivity index (χ4v) is 1.82. The molecule has 0 atom stereocenters. The summed E-state index contributed by atoms with van der Waals surface area (Å²) in [6.07, 6.45) is 0. The van der Waals surface area contributed by atoms with Crippen LogP contribution in [0.5, 0.6) is 0 Å². The Bertz CT molecular complexity index is 584. The van der Waals surface area contributed by atoms with Crippen molar-refractivity contribution in [2.45, 2.75) is 0 Å². The molecule has 6 heteroatoms. The van der Waals surface area contributed by atoms with Crippen molar-refractivity contribution >= 4 is 46.4 Å². The summed E-state index contributed by atoms with van der Waals surface area (Å²) in [5.74, 6) is -0.294. The number of benzene rings is 1. The van der Waals surface area contributed by atoms with Gasteiger partial charge in [-0.25, -0.2) is 4.98 Å². The Balaban J connectivity index is 2.18. The molecular weight excluding hydrogens is 295 g/mol. The van der Waals surface area contributed by atoms with Crippen molar-refractivity contribution in [1.29, 1.82) is 0 Å². The van der Waals surface area contributed by atoms with Gasteiger partial charge in [0.25, 0.3) is 5.91 Å². The van der Waals surface area contributed by atoms with E-state index in [4.69, 9.17) is 34.8 Å². The number of nitrogens with one attached hydrogen (secondary N) is 1. The Morgan fingerprint density at radius 3 is 2.28 bits per heavy atom. The van der Waals surface area contributed by atoms with E-state index in [2.05, 4.69) is 10.3 Å². The summed E-state index contributed by atoms with van der Waals surface area (Å²) in [5.41, 5.74) is 0.881. The van der Waals surface area contributed by atoms with Crippen molar-refractivity contribution in [3.8, 4) is 0 Å². The number of nitrogens with zero attached hydrogens (tertiary/aromatic N) is 1. The van der Waals surface area contributed by atoms with Gasteiger partial charge in [0.05, 0.1) is 5.69 Å². The van der Waals surface area contributed by atoms with Gasteiger partial charge in [-0.15, -0.1) is 0 Å². The zero-order valence-corrected chi connectivity index (χ0v) is 11.2. The zero-order valence-electron chi connectivity index (χ0n) is 8.95. The van der Waals surface area contributed by atoms with Crippen LogP contribution in [0, 0.1) is 0 Å². The van der Waals surface area contributed by atoms with Gasteiger partial charge in [0.15, 0.2) is 5.15 Å². The van der Waals surface area contributed by atoms with Crippen molar-refractivity contribution < 1.29 is 4.79 Å². The Kier molecular flexibility index (Phi) is 4.07. The quantitative estimate of drug-likeness (QED) is 0.841. The predicted octanol–water partition coefficient (Wildman–Crippen LogP) is 4.29. The van der Waals surface area contributed by atoms with Gasteiger partial charge < -0.3 is 5.32 Å². The largest absolute Gasteiger partial charge is 0.319 e. The Morgan fingerprint density at radius 1 is 1.00 bits per heavy atom. The molecule has 0 bridgehead atoms. The first-order valence-corrected chi connectivity index (χ1v) is 6.08. The van der Waals surface area contributed by atoms with Crippen LogP contribution in [0.15, 0.2) is 36.4 Å². The van der Waals surface area contributed by atoms with Gasteiger partial charge in [-0.2, -0.15) is 0 Å². The molecule has 1 heterocycles. The Labute approximate surface area is 119 Å². The molecule has 3 nitrogen and oxygen atoms in total. The van der Waals surface area contributed by atoms with Crippen molar-refractivity contribution in [1.82, 2.24) is 4.98 Å². The van der Waals surface area contributed by atoms with E-state index in [0.717, 1.165) is 0 Å². The molecule has 1 amide bonds. The molecule has 2 rings (SSSR count). The average Bonchev–Trinajstić information content (AvgIpc) is 2.33. The Hall–Kier alpha value is -1.29. The number of carbonyl (C=O) groups excluding carboxylic acids is 1. The van der Waals surface area contributed by atoms with E-state index in [1.54, 1.807) is 36.4 Å². The van der Waals surface area contributed by atoms with E-state index >= 15 is 0 Å². The molecule has 0 saturated heterocycles. The van der Waals surface area contributed by atoms with E-state index in [0.29, 0.717) is 16.3 Å². The standard InChI is InChI=1S/C12H7Cl3N2O/c13-8-3-1-7(2-4-8)12(18)16-9-5-6-10(14)17-11(9)15/h1-6H,(H,16,18). The number of anilines is 1. The minimum Gasteiger partial charge on any atom is -0.319 e. The molecule has 0 unspecified atom stereocenters. The van der Waals surface area contributed by atoms with Gasteiger partial charge in [-0.05, 0) is 36.4 Å². The third-order valence-corrected chi connectivity index (χ3v) is 2.92. The van der Waals surface area contributed by atoms with Crippen molar-refractivity contribution in [3.63, 3.8) is 0 Å². The van der Waals surface area contributed by atoms with Gasteiger partial charge in [0.1, 0.15) is 5.15 Å². The minimum absolute atomic E-state index is 0.143. The molecule has 0 aliphatic heterocycles. The molecule has 0 saturated carbocycles. The lowest BCUT2D eigenvalue weighted by Crippen LogP contribution is -2.12. The van der Waals surface area contributed by atoms with Crippen LogP contribution in [0.25, 0.3) is 0 Å². The highest BCUT2D eigenvalue weighted by Gasteiger charge is 2.09. The van der Waals surface area contributed by atoms with Crippen molar-refractivity contribution in [2.75, 3.05) is 5.32 Å². The summed E-state index contributed by atoms with van der Waals surface area (Å²) in [4.78, 5) is 15.7. The average molecular weight is 302 g/mol. The lowest BCUT2D eigenvalue weighted by molar-refractivity contribution is 0.102. The maximum absolute atomic E-state index is 11.9. The topological polar surface area (TPSA) is 42.0 Å². The molecule has 0 aliphatic carbocycles. The molecule has 0 spiro atoms. The summed E-state index contributed by atoms with van der Waals surface area (Å²) in [6.45, 7) is 0. The highest BCUT2D eigenvalue weighted by molar-refractivity contribution is 6.34. The van der Waals surface area contributed by atoms with E-state index in [9.17, 15) is 4.79 Å². The van der Waals surface area contributed by atoms with Gasteiger partial charge in [0.2, 0.25) is 0 Å². The molecule has 0 fully saturated rings. The fraction of sp³-hybridized carbons (Fsp3) is 0. The first kappa shape index (κ1) is 13.1. The normalized spacial score (nSPS) is 10.2. The molecule has 0 radical (unpaired) electrons. The van der Waals surface area contributed by atoms with Crippen molar-refractivity contribution in [2.24, 2.45) is 0 Å². The summed E-state index contributed by atoms with van der Waals surface area (Å²) in [6, 6.07) is 9.65. The Morgan fingerprint density at radius 2 is 1.67 bits per heavy atom. The highest BCUT2D eigenvalue weighted by atomic mass is 35.5. The zero-order chi connectivity index (χ0) is 13.1. The monoisotopic (exact) mass is 300 g/mol. The molecule has 0 aliphatic rings. The van der Waals surface area contributed by atoms with Crippen LogP contribution < -0.4 is 5.32 Å². The minimum atomic E-state index is -0.294. The molecule has 1 aromatic carbocycles. The second-order valence-electron chi connectivity index (χ2n) is 3.43. The number of rotatable bonds is 2. The summed E-state index contributed by atoms with van der Waals surface area (Å²) < 4.78 is 0. The second kappa shape index (κ2) is 5.57. The van der Waals surface area contributed by atoms with Gasteiger partial charge in [0, 0.05) is 10.6 Å². The molecule has 18 heavy (non-hydrogen) atoms. The van der Waals surface area contributed by atoms with Crippen LogP contribution in [-0.4, -0.2) is 10.9 Å². The van der Waals surface area contributed by atoms with Crippen LogP contribution in [0.1, 0.15) is 10.4 Å². The lowest BCUT2D eigenvalue weighted by Gasteiger charge is -2.06. The fourth-order valence-electron chi connectivity index (χ4n) is 1.30. The predicted molar refractivity (Wildman–Crippen MR) is 73.7 cm³/mol. The van der Waals surface area contributed by atoms with E-state index in [1.807, 2.05) is 0 Å². The van der Waals surface area contributed by atoms with E-state index in [1.165, 1.54) is 0 Å². The van der Waals surface area contributed by atoms with Crippen LogP contribution >= 0.6 is 34.8 Å². The number of pyridine rings is 1. The number of halogens is 3. The van der Waals surface area contributed by atoms with Gasteiger partial charge in [-0.3, -0.25) is 4.79 Å². The number of carbonyl (C=O) groups is 1. The van der Waals surface area contributed by atoms with E-state index < -0.39 is 0 Å². The van der Waals surface area contributed by atoms with Crippen molar-refractivity contribution in [3.05, 3.63) is 57.3 Å². The number of aromatic nitrogens is 1. The molecule has 1 aromatic heterocycles. The maximum Gasteiger partial charge on any atom is 0.255 e. The first-order chi connectivity index (χ1) is 8.56. The SMILES string of the molecule is O=C(Nc1ccc(Cl)nc1Cl)c1ccc(Cl)cc1. The second-order valence-corrected chi connectivity index (χ2v) is 4.62. The third-order valence-electron chi connectivity index (χ3n) is 2.17. The number of hydrogen-bond donors (Lipinski definition) is 1. The lowest BCUT2D eigenvalue weighted by atomic mass is 10.2. The van der Waals surface area contributed by atoms with E-state index in [-0.39, 0.29) is 16.2 Å². The highest BCUT2D eigenvalue weighted by Crippen LogP contribution is 2.22. The number of amides is 1. The first-order valence-electron chi connectivity index (χ1n) is 4.95. The molecule has 92 valence electrons. The van der Waals surface area contributed by atoms with Crippen LogP contribution in [0.2, 0.25) is 15.3 Å². The van der Waals surface area contributed by atoms with Gasteiger partial charge in [-0.1, -0.05) is 34.8 Å². The molecule has 1 N–H and O–H groups in total. The van der Waals surface area contributed by atoms with Crippen LogP contribution in [-0.2, 0) is 0 Å². The van der Waals surface area contributed by atoms with Crippen LogP contribution in [0.3, 0.4) is 0 Å². The van der Waals surface area contributed by atoms with Gasteiger partial charge >= 0.3 is 0 Å². The number of hydrogen-bond acceptors (Lipinski definition) is 2. The summed E-state index contributed by atoms with van der Waals surface area (Å²) in [7, 11) is 0. The smallest absolute Gasteiger partial charge is 0.255 e. The maximum atomic E-state index is 11.9. The van der Waals surface area contributed by atoms with Crippen LogP contribution in [0.4, 0.5) is 5.69 Å².